The molecule has 0 aliphatic rings. The number of nitro groups is 1. The second-order valence-electron chi connectivity index (χ2n) is 9.57. The van der Waals surface area contributed by atoms with Crippen molar-refractivity contribution in [2.24, 2.45) is 10.5 Å². The molecular weight excluding hydrogens is 426 g/mol. The molecule has 0 unspecified atom stereocenters. The topological polar surface area (TPSA) is 123 Å². The molecule has 2 aromatic rings. The second-order valence-corrected chi connectivity index (χ2v) is 9.57. The van der Waals surface area contributed by atoms with Crippen LogP contribution in [0.4, 0.5) is 5.69 Å². The van der Waals surface area contributed by atoms with E-state index in [0.29, 0.717) is 5.56 Å². The van der Waals surface area contributed by atoms with Crippen LogP contribution in [0, 0.1) is 15.5 Å². The zero-order valence-electron chi connectivity index (χ0n) is 19.8. The molecule has 9 nitrogen and oxygen atoms in total. The lowest BCUT2D eigenvalue weighted by atomic mass is 9.72. The molecule has 0 radical (unpaired) electrons. The van der Waals surface area contributed by atoms with Gasteiger partial charge in [0.25, 0.3) is 5.91 Å². The van der Waals surface area contributed by atoms with E-state index in [0.717, 1.165) is 12.0 Å². The fraction of sp³-hybridized carbons (Fsp3) is 0.417. The first-order valence-corrected chi connectivity index (χ1v) is 10.4. The van der Waals surface area contributed by atoms with E-state index in [1.807, 2.05) is 13.8 Å². The third kappa shape index (κ3) is 7.48. The Labute approximate surface area is 193 Å². The molecule has 1 amide bonds. The lowest BCUT2D eigenvalue weighted by Gasteiger charge is -2.33. The summed E-state index contributed by atoms with van der Waals surface area (Å²) in [6.45, 7) is 10.0. The van der Waals surface area contributed by atoms with Crippen LogP contribution in [-0.2, 0) is 10.2 Å². The number of nitro benzene ring substituents is 1. The number of phenols is 1. The number of ether oxygens (including phenoxy) is 2. The Morgan fingerprint density at radius 3 is 2.45 bits per heavy atom. The van der Waals surface area contributed by atoms with Crippen LogP contribution >= 0.6 is 0 Å². The van der Waals surface area contributed by atoms with Gasteiger partial charge in [-0.1, -0.05) is 40.7 Å². The minimum absolute atomic E-state index is 0.0118. The predicted octanol–water partition coefficient (Wildman–Crippen LogP) is 4.55. The van der Waals surface area contributed by atoms with Gasteiger partial charge in [-0.3, -0.25) is 14.9 Å². The van der Waals surface area contributed by atoms with Crippen molar-refractivity contribution in [1.82, 2.24) is 5.43 Å². The number of rotatable bonds is 9. The monoisotopic (exact) mass is 457 g/mol. The largest absolute Gasteiger partial charge is 0.504 e. The molecule has 0 atom stereocenters. The summed E-state index contributed by atoms with van der Waals surface area (Å²) in [5, 5.41) is 25.0. The fourth-order valence-corrected chi connectivity index (χ4v) is 3.76. The Hall–Kier alpha value is -3.62. The van der Waals surface area contributed by atoms with Crippen LogP contribution in [0.15, 0.2) is 41.5 Å². The maximum absolute atomic E-state index is 12.1. The highest BCUT2D eigenvalue weighted by atomic mass is 16.6. The zero-order chi connectivity index (χ0) is 24.8. The van der Waals surface area contributed by atoms with Crippen molar-refractivity contribution in [1.29, 1.82) is 0 Å². The van der Waals surface area contributed by atoms with E-state index in [1.165, 1.54) is 31.5 Å². The normalized spacial score (nSPS) is 11.9. The summed E-state index contributed by atoms with van der Waals surface area (Å²) in [6, 6.07) is 9.41. The standard InChI is InChI=1S/C24H31N3O6/c1-23(2,3)15-24(4,5)17-8-10-20(18(12-17)27(30)31)33-14-22(29)26-25-13-16-7-9-19(28)21(11-16)32-6/h7-13,28H,14-15H2,1-6H3,(H,26,29)/b25-13-. The number of phenolic OH excluding ortho intramolecular Hbond substituents is 1. The SMILES string of the molecule is COc1cc(/C=N\NC(=O)COc2ccc(C(C)(C)CC(C)(C)C)cc2[N+](=O)[O-])ccc1O. The van der Waals surface area contributed by atoms with E-state index in [4.69, 9.17) is 9.47 Å². The molecule has 0 bridgehead atoms. The molecule has 178 valence electrons. The van der Waals surface area contributed by atoms with E-state index in [2.05, 4.69) is 31.3 Å². The Kier molecular flexibility index (Phi) is 8.03. The highest BCUT2D eigenvalue weighted by Crippen LogP contribution is 2.39. The summed E-state index contributed by atoms with van der Waals surface area (Å²) < 4.78 is 10.4. The average molecular weight is 458 g/mol. The highest BCUT2D eigenvalue weighted by Gasteiger charge is 2.29. The van der Waals surface area contributed by atoms with Crippen molar-refractivity contribution < 1.29 is 24.3 Å². The van der Waals surface area contributed by atoms with Gasteiger partial charge in [0.05, 0.1) is 18.2 Å². The van der Waals surface area contributed by atoms with Crippen molar-refractivity contribution in [2.45, 2.75) is 46.5 Å². The molecule has 2 aromatic carbocycles. The van der Waals surface area contributed by atoms with Crippen molar-refractivity contribution >= 4 is 17.8 Å². The Morgan fingerprint density at radius 2 is 1.85 bits per heavy atom. The van der Waals surface area contributed by atoms with Gasteiger partial charge in [0.2, 0.25) is 0 Å². The summed E-state index contributed by atoms with van der Waals surface area (Å²) in [5.74, 6) is -0.308. The van der Waals surface area contributed by atoms with Crippen LogP contribution < -0.4 is 14.9 Å². The van der Waals surface area contributed by atoms with Gasteiger partial charge in [-0.2, -0.15) is 5.10 Å². The lowest BCUT2D eigenvalue weighted by molar-refractivity contribution is -0.385. The summed E-state index contributed by atoms with van der Waals surface area (Å²) in [4.78, 5) is 23.2. The van der Waals surface area contributed by atoms with E-state index in [-0.39, 0.29) is 33.8 Å². The average Bonchev–Trinajstić information content (AvgIpc) is 2.71. The molecule has 2 N–H and O–H groups in total. The van der Waals surface area contributed by atoms with Crippen LogP contribution in [0.3, 0.4) is 0 Å². The third-order valence-electron chi connectivity index (χ3n) is 4.87. The van der Waals surface area contributed by atoms with Crippen LogP contribution in [0.2, 0.25) is 0 Å². The predicted molar refractivity (Wildman–Crippen MR) is 126 cm³/mol. The number of hydrazone groups is 1. The van der Waals surface area contributed by atoms with Gasteiger partial charge in [-0.05, 0) is 52.6 Å². The second kappa shape index (κ2) is 10.3. The van der Waals surface area contributed by atoms with E-state index in [9.17, 15) is 20.0 Å². The summed E-state index contributed by atoms with van der Waals surface area (Å²) in [7, 11) is 1.42. The van der Waals surface area contributed by atoms with Crippen molar-refractivity contribution in [3.63, 3.8) is 0 Å². The number of carbonyl (C=O) groups excluding carboxylic acids is 1. The molecule has 0 saturated carbocycles. The first kappa shape index (κ1) is 25.6. The van der Waals surface area contributed by atoms with Crippen molar-refractivity contribution in [2.75, 3.05) is 13.7 Å². The molecule has 0 saturated heterocycles. The Balaban J connectivity index is 2.05. The van der Waals surface area contributed by atoms with Gasteiger partial charge < -0.3 is 14.6 Å². The molecule has 33 heavy (non-hydrogen) atoms. The van der Waals surface area contributed by atoms with Crippen LogP contribution in [-0.4, -0.2) is 35.9 Å². The molecule has 0 aliphatic heterocycles. The van der Waals surface area contributed by atoms with E-state index < -0.39 is 17.4 Å². The summed E-state index contributed by atoms with van der Waals surface area (Å²) in [6.07, 6.45) is 2.21. The Bertz CT molecular complexity index is 1040. The van der Waals surface area contributed by atoms with Crippen molar-refractivity contribution in [3.05, 3.63) is 57.6 Å². The number of nitrogens with zero attached hydrogens (tertiary/aromatic N) is 2. The van der Waals surface area contributed by atoms with Gasteiger partial charge in [0.15, 0.2) is 23.9 Å². The van der Waals surface area contributed by atoms with Crippen LogP contribution in [0.1, 0.15) is 52.2 Å². The molecule has 0 heterocycles. The third-order valence-corrected chi connectivity index (χ3v) is 4.87. The smallest absolute Gasteiger partial charge is 0.311 e. The van der Waals surface area contributed by atoms with Gasteiger partial charge >= 0.3 is 5.69 Å². The zero-order valence-corrected chi connectivity index (χ0v) is 19.8. The number of carbonyl (C=O) groups is 1. The maximum Gasteiger partial charge on any atom is 0.311 e. The number of hydrogen-bond donors (Lipinski definition) is 2. The summed E-state index contributed by atoms with van der Waals surface area (Å²) in [5.41, 5.74) is 3.30. The van der Waals surface area contributed by atoms with Crippen LogP contribution in [0.5, 0.6) is 17.2 Å². The molecule has 0 aliphatic carbocycles. The minimum atomic E-state index is -0.580. The summed E-state index contributed by atoms with van der Waals surface area (Å²) >= 11 is 0. The number of benzene rings is 2. The first-order valence-electron chi connectivity index (χ1n) is 10.4. The maximum atomic E-state index is 12.1. The van der Waals surface area contributed by atoms with Gasteiger partial charge in [-0.15, -0.1) is 0 Å². The Morgan fingerprint density at radius 1 is 1.15 bits per heavy atom. The highest BCUT2D eigenvalue weighted by molar-refractivity contribution is 5.83. The molecule has 0 spiro atoms. The number of nitrogens with one attached hydrogen (secondary N) is 1. The van der Waals surface area contributed by atoms with Gasteiger partial charge in [0, 0.05) is 6.07 Å². The molecule has 0 aromatic heterocycles. The van der Waals surface area contributed by atoms with Gasteiger partial charge in [-0.25, -0.2) is 5.43 Å². The molecule has 2 rings (SSSR count). The number of hydrogen-bond acceptors (Lipinski definition) is 7. The molecule has 0 fully saturated rings. The van der Waals surface area contributed by atoms with E-state index >= 15 is 0 Å². The number of methoxy groups -OCH3 is 1. The number of aromatic hydroxyl groups is 1. The fourth-order valence-electron chi connectivity index (χ4n) is 3.76. The molecular formula is C24H31N3O6. The minimum Gasteiger partial charge on any atom is -0.504 e. The van der Waals surface area contributed by atoms with Gasteiger partial charge in [0.1, 0.15) is 0 Å². The first-order chi connectivity index (χ1) is 15.3. The van der Waals surface area contributed by atoms with Crippen molar-refractivity contribution in [3.8, 4) is 17.2 Å². The quantitative estimate of drug-likeness (QED) is 0.323. The van der Waals surface area contributed by atoms with Crippen LogP contribution in [0.25, 0.3) is 0 Å². The number of amides is 1. The molecule has 9 heteroatoms. The van der Waals surface area contributed by atoms with E-state index in [1.54, 1.807) is 18.2 Å². The lowest BCUT2D eigenvalue weighted by Crippen LogP contribution is -2.26.